The smallest absolute Gasteiger partial charge is 0.323 e. The number of amides is 2. The minimum atomic E-state index is -1.05. The molecular weight excluding hydrogens is 308 g/mol. The number of hydrogen-bond donors (Lipinski definition) is 1. The quantitative estimate of drug-likeness (QED) is 0.863. The van der Waals surface area contributed by atoms with Gasteiger partial charge in [-0.05, 0) is 31.9 Å². The van der Waals surface area contributed by atoms with Crippen molar-refractivity contribution in [3.8, 4) is 0 Å². The Morgan fingerprint density at radius 2 is 2.00 bits per heavy atom. The molecule has 0 radical (unpaired) electrons. The van der Waals surface area contributed by atoms with Crippen LogP contribution < -0.4 is 4.90 Å². The van der Waals surface area contributed by atoms with Gasteiger partial charge in [0.25, 0.3) is 0 Å². The number of nitrogens with zero attached hydrogens (tertiary/aromatic N) is 2. The first-order chi connectivity index (χ1) is 11.3. The third-order valence-corrected chi connectivity index (χ3v) is 4.35. The summed E-state index contributed by atoms with van der Waals surface area (Å²) in [6.07, 6.45) is 0.926. The zero-order valence-corrected chi connectivity index (χ0v) is 14.4. The lowest BCUT2D eigenvalue weighted by atomic mass is 10.1. The summed E-state index contributed by atoms with van der Waals surface area (Å²) >= 11 is 0. The molecule has 1 N–H and O–H groups in total. The van der Waals surface area contributed by atoms with E-state index in [2.05, 4.69) is 0 Å². The zero-order valence-electron chi connectivity index (χ0n) is 14.4. The van der Waals surface area contributed by atoms with Crippen molar-refractivity contribution in [3.05, 3.63) is 29.8 Å². The number of rotatable bonds is 6. The van der Waals surface area contributed by atoms with Gasteiger partial charge in [0.1, 0.15) is 6.54 Å². The molecule has 130 valence electrons. The third kappa shape index (κ3) is 3.75. The van der Waals surface area contributed by atoms with E-state index in [0.29, 0.717) is 6.54 Å². The number of carboxylic acid groups (broad SMARTS) is 1. The molecule has 0 saturated carbocycles. The van der Waals surface area contributed by atoms with Gasteiger partial charge in [0.05, 0.1) is 5.92 Å². The summed E-state index contributed by atoms with van der Waals surface area (Å²) in [4.78, 5) is 39.1. The normalized spacial score (nSPS) is 17.4. The molecule has 0 aromatic heterocycles. The highest BCUT2D eigenvalue weighted by atomic mass is 16.4. The summed E-state index contributed by atoms with van der Waals surface area (Å²) < 4.78 is 0. The van der Waals surface area contributed by atoms with Crippen LogP contribution >= 0.6 is 0 Å². The van der Waals surface area contributed by atoms with Crippen molar-refractivity contribution in [1.82, 2.24) is 4.90 Å². The van der Waals surface area contributed by atoms with E-state index in [-0.39, 0.29) is 30.8 Å². The third-order valence-electron chi connectivity index (χ3n) is 4.35. The van der Waals surface area contributed by atoms with Gasteiger partial charge in [-0.15, -0.1) is 0 Å². The van der Waals surface area contributed by atoms with Gasteiger partial charge in [0.15, 0.2) is 0 Å². The summed E-state index contributed by atoms with van der Waals surface area (Å²) in [7, 11) is 0. The molecule has 24 heavy (non-hydrogen) atoms. The molecular formula is C18H24N2O4. The number of carboxylic acids is 1. The van der Waals surface area contributed by atoms with Crippen molar-refractivity contribution in [3.63, 3.8) is 0 Å². The van der Waals surface area contributed by atoms with Gasteiger partial charge in [-0.25, -0.2) is 0 Å². The van der Waals surface area contributed by atoms with E-state index in [1.165, 1.54) is 4.90 Å². The van der Waals surface area contributed by atoms with Crippen LogP contribution in [0, 0.1) is 5.92 Å². The van der Waals surface area contributed by atoms with Crippen LogP contribution in [0.5, 0.6) is 0 Å². The van der Waals surface area contributed by atoms with Gasteiger partial charge in [-0.1, -0.05) is 25.1 Å². The number of anilines is 1. The van der Waals surface area contributed by atoms with E-state index in [9.17, 15) is 14.4 Å². The summed E-state index contributed by atoms with van der Waals surface area (Å²) in [6, 6.07) is 7.45. The Labute approximate surface area is 142 Å². The van der Waals surface area contributed by atoms with Crippen molar-refractivity contribution >= 4 is 23.5 Å². The lowest BCUT2D eigenvalue weighted by Gasteiger charge is -2.27. The number of benzene rings is 1. The summed E-state index contributed by atoms with van der Waals surface area (Å²) in [5.74, 6) is -1.90. The minimum absolute atomic E-state index is 0.0896. The van der Waals surface area contributed by atoms with Crippen LogP contribution in [0.4, 0.5) is 5.69 Å². The first kappa shape index (κ1) is 18.0. The SMILES string of the molecule is CCc1ccccc1N1CC(C(=O)N(CC(=O)O)C(C)C)CC1=O. The average molecular weight is 332 g/mol. The van der Waals surface area contributed by atoms with Crippen LogP contribution in [0.2, 0.25) is 0 Å². The molecule has 2 amide bonds. The molecule has 6 heteroatoms. The summed E-state index contributed by atoms with van der Waals surface area (Å²) in [5, 5.41) is 9.00. The van der Waals surface area contributed by atoms with Gasteiger partial charge in [-0.3, -0.25) is 14.4 Å². The fourth-order valence-electron chi connectivity index (χ4n) is 3.07. The molecule has 0 spiro atoms. The molecule has 1 atom stereocenters. The Hall–Kier alpha value is -2.37. The van der Waals surface area contributed by atoms with Crippen molar-refractivity contribution in [2.24, 2.45) is 5.92 Å². The number of carbonyl (C=O) groups excluding carboxylic acids is 2. The standard InChI is InChI=1S/C18H24N2O4/c1-4-13-7-5-6-8-15(13)20-10-14(9-16(20)21)18(24)19(12(2)3)11-17(22)23/h5-8,12,14H,4,9-11H2,1-3H3,(H,22,23). The zero-order chi connectivity index (χ0) is 17.9. The average Bonchev–Trinajstić information content (AvgIpc) is 2.93. The van der Waals surface area contributed by atoms with Crippen LogP contribution in [0.3, 0.4) is 0 Å². The topological polar surface area (TPSA) is 77.9 Å². The maximum atomic E-state index is 12.7. The fraction of sp³-hybridized carbons (Fsp3) is 0.500. The number of carbonyl (C=O) groups is 3. The first-order valence-corrected chi connectivity index (χ1v) is 8.25. The minimum Gasteiger partial charge on any atom is -0.480 e. The molecule has 1 aromatic carbocycles. The molecule has 1 unspecified atom stereocenters. The molecule has 1 fully saturated rings. The van der Waals surface area contributed by atoms with Gasteiger partial charge >= 0.3 is 5.97 Å². The highest BCUT2D eigenvalue weighted by Crippen LogP contribution is 2.29. The molecule has 1 aliphatic rings. The van der Waals surface area contributed by atoms with Gasteiger partial charge in [0, 0.05) is 24.7 Å². The predicted octanol–water partition coefficient (Wildman–Crippen LogP) is 1.92. The monoisotopic (exact) mass is 332 g/mol. The van der Waals surface area contributed by atoms with E-state index in [1.54, 1.807) is 18.7 Å². The lowest BCUT2D eigenvalue weighted by Crippen LogP contribution is -2.44. The largest absolute Gasteiger partial charge is 0.480 e. The van der Waals surface area contributed by atoms with Gasteiger partial charge in [0.2, 0.25) is 11.8 Å². The van der Waals surface area contributed by atoms with Crippen LogP contribution in [0.1, 0.15) is 32.8 Å². The Kier molecular flexibility index (Phi) is 5.59. The van der Waals surface area contributed by atoms with E-state index >= 15 is 0 Å². The van der Waals surface area contributed by atoms with Crippen LogP contribution in [-0.2, 0) is 20.8 Å². The van der Waals surface area contributed by atoms with E-state index in [4.69, 9.17) is 5.11 Å². The Morgan fingerprint density at radius 1 is 1.33 bits per heavy atom. The van der Waals surface area contributed by atoms with Crippen LogP contribution in [0.15, 0.2) is 24.3 Å². The van der Waals surface area contributed by atoms with Crippen molar-refractivity contribution in [1.29, 1.82) is 0 Å². The Balaban J connectivity index is 2.19. The lowest BCUT2D eigenvalue weighted by molar-refractivity contribution is -0.147. The molecule has 6 nitrogen and oxygen atoms in total. The summed E-state index contributed by atoms with van der Waals surface area (Å²) in [5.41, 5.74) is 1.90. The van der Waals surface area contributed by atoms with Crippen molar-refractivity contribution in [2.45, 2.75) is 39.7 Å². The molecule has 1 aromatic rings. The second kappa shape index (κ2) is 7.47. The second-order valence-corrected chi connectivity index (χ2v) is 6.34. The predicted molar refractivity (Wildman–Crippen MR) is 90.8 cm³/mol. The maximum absolute atomic E-state index is 12.7. The van der Waals surface area contributed by atoms with Crippen molar-refractivity contribution < 1.29 is 19.5 Å². The Morgan fingerprint density at radius 3 is 2.58 bits per heavy atom. The Bertz CT molecular complexity index is 642. The number of hydrogen-bond acceptors (Lipinski definition) is 3. The fourth-order valence-corrected chi connectivity index (χ4v) is 3.07. The second-order valence-electron chi connectivity index (χ2n) is 6.34. The number of aryl methyl sites for hydroxylation is 1. The van der Waals surface area contributed by atoms with E-state index < -0.39 is 11.9 Å². The highest BCUT2D eigenvalue weighted by Gasteiger charge is 2.38. The maximum Gasteiger partial charge on any atom is 0.323 e. The molecule has 0 aliphatic carbocycles. The van der Waals surface area contributed by atoms with Gasteiger partial charge < -0.3 is 14.9 Å². The molecule has 1 saturated heterocycles. The molecule has 1 aliphatic heterocycles. The summed E-state index contributed by atoms with van der Waals surface area (Å²) in [6.45, 7) is 5.54. The molecule has 0 bridgehead atoms. The highest BCUT2D eigenvalue weighted by molar-refractivity contribution is 6.01. The van der Waals surface area contributed by atoms with E-state index in [1.807, 2.05) is 31.2 Å². The van der Waals surface area contributed by atoms with E-state index in [0.717, 1.165) is 17.7 Å². The van der Waals surface area contributed by atoms with Gasteiger partial charge in [-0.2, -0.15) is 0 Å². The van der Waals surface area contributed by atoms with Crippen LogP contribution in [0.25, 0.3) is 0 Å². The number of aliphatic carboxylic acids is 1. The molecule has 1 heterocycles. The molecule has 2 rings (SSSR count). The van der Waals surface area contributed by atoms with Crippen LogP contribution in [-0.4, -0.2) is 46.9 Å². The first-order valence-electron chi connectivity index (χ1n) is 8.25. The number of para-hydroxylation sites is 1. The van der Waals surface area contributed by atoms with Crippen molar-refractivity contribution in [2.75, 3.05) is 18.0 Å².